The lowest BCUT2D eigenvalue weighted by Gasteiger charge is -2.33. The molecule has 3 aliphatic heterocycles. The molecule has 0 unspecified atom stereocenters. The number of ether oxygens (including phenoxy) is 1. The molecule has 0 aromatic heterocycles. The van der Waals surface area contributed by atoms with Crippen LogP contribution in [0.4, 0.5) is 0 Å². The third-order valence-corrected chi connectivity index (χ3v) is 6.54. The Morgan fingerprint density at radius 1 is 1.19 bits per heavy atom. The number of carbonyl (C=O) groups is 3. The second kappa shape index (κ2) is 8.03. The van der Waals surface area contributed by atoms with E-state index in [1.807, 2.05) is 36.4 Å². The molecule has 3 amide bonds. The molecular formula is C24H25N3O5. The van der Waals surface area contributed by atoms with Crippen LogP contribution in [0.2, 0.25) is 0 Å². The van der Waals surface area contributed by atoms with Gasteiger partial charge in [0.15, 0.2) is 0 Å². The smallest absolute Gasteiger partial charge is 0.255 e. The first-order valence-electron chi connectivity index (χ1n) is 10.8. The van der Waals surface area contributed by atoms with Crippen LogP contribution < -0.4 is 10.1 Å². The molecule has 2 N–H and O–H groups in total. The standard InChI is InChI=1S/C24H25N3O5/c1-14(26-12-15-6-2-3-7-17(15)23(26)30)22(29)27(24(31)19-10-16(28)11-25-19)20-13-32-21-9-5-4-8-18(20)21/h2-9,14,16,19-20,25,28H,10-13H2,1H3/t14-,16+,19-,20-/m0/s1. The Hall–Kier alpha value is -3.23. The summed E-state index contributed by atoms with van der Waals surface area (Å²) in [4.78, 5) is 43.0. The fourth-order valence-electron chi connectivity index (χ4n) is 4.77. The van der Waals surface area contributed by atoms with E-state index >= 15 is 0 Å². The van der Waals surface area contributed by atoms with Gasteiger partial charge in [0.1, 0.15) is 24.4 Å². The van der Waals surface area contributed by atoms with Gasteiger partial charge in [-0.15, -0.1) is 0 Å². The zero-order valence-corrected chi connectivity index (χ0v) is 17.7. The molecule has 4 atom stereocenters. The Labute approximate surface area is 185 Å². The van der Waals surface area contributed by atoms with Crippen LogP contribution >= 0.6 is 0 Å². The zero-order valence-electron chi connectivity index (χ0n) is 17.7. The third kappa shape index (κ3) is 3.36. The number of aliphatic hydroxyl groups excluding tert-OH is 1. The van der Waals surface area contributed by atoms with Crippen LogP contribution in [0.25, 0.3) is 0 Å². The van der Waals surface area contributed by atoms with Crippen LogP contribution in [0.15, 0.2) is 48.5 Å². The summed E-state index contributed by atoms with van der Waals surface area (Å²) in [5, 5.41) is 12.9. The van der Waals surface area contributed by atoms with Gasteiger partial charge in [-0.05, 0) is 31.0 Å². The summed E-state index contributed by atoms with van der Waals surface area (Å²) >= 11 is 0. The molecule has 8 nitrogen and oxygen atoms in total. The van der Waals surface area contributed by atoms with Crippen LogP contribution in [0, 0.1) is 0 Å². The van der Waals surface area contributed by atoms with Crippen molar-refractivity contribution in [2.45, 2.75) is 44.1 Å². The Balaban J connectivity index is 1.46. The number of β-amino-alcohol motifs (C(OH)–C–C–N with tert-alkyl or cyclic N) is 1. The van der Waals surface area contributed by atoms with Crippen molar-refractivity contribution in [3.63, 3.8) is 0 Å². The number of benzene rings is 2. The zero-order chi connectivity index (χ0) is 22.4. The number of nitrogens with one attached hydrogen (secondary N) is 1. The van der Waals surface area contributed by atoms with Gasteiger partial charge in [0.2, 0.25) is 5.91 Å². The maximum absolute atomic E-state index is 13.8. The number of hydrogen-bond acceptors (Lipinski definition) is 6. The summed E-state index contributed by atoms with van der Waals surface area (Å²) < 4.78 is 5.76. The fraction of sp³-hybridized carbons (Fsp3) is 0.375. The van der Waals surface area contributed by atoms with E-state index in [9.17, 15) is 19.5 Å². The van der Waals surface area contributed by atoms with E-state index < -0.39 is 36.0 Å². The van der Waals surface area contributed by atoms with Crippen molar-refractivity contribution in [2.24, 2.45) is 0 Å². The number of rotatable bonds is 4. The highest BCUT2D eigenvalue weighted by molar-refractivity contribution is 6.05. The monoisotopic (exact) mass is 435 g/mol. The van der Waals surface area contributed by atoms with E-state index in [0.29, 0.717) is 24.4 Å². The fourth-order valence-corrected chi connectivity index (χ4v) is 4.77. The summed E-state index contributed by atoms with van der Waals surface area (Å²) in [6.45, 7) is 2.44. The molecule has 3 aliphatic rings. The molecule has 0 aliphatic carbocycles. The van der Waals surface area contributed by atoms with E-state index in [0.717, 1.165) is 11.1 Å². The van der Waals surface area contributed by atoms with Crippen LogP contribution in [-0.4, -0.2) is 64.0 Å². The Kier molecular flexibility index (Phi) is 5.19. The summed E-state index contributed by atoms with van der Waals surface area (Å²) in [7, 11) is 0. The van der Waals surface area contributed by atoms with Gasteiger partial charge in [-0.1, -0.05) is 36.4 Å². The second-order valence-electron chi connectivity index (χ2n) is 8.53. The first kappa shape index (κ1) is 20.7. The molecule has 2 aromatic carbocycles. The first-order chi connectivity index (χ1) is 15.5. The molecule has 1 saturated heterocycles. The van der Waals surface area contributed by atoms with E-state index in [1.165, 1.54) is 9.80 Å². The summed E-state index contributed by atoms with van der Waals surface area (Å²) in [6.07, 6.45) is -0.402. The molecule has 0 saturated carbocycles. The van der Waals surface area contributed by atoms with Gasteiger partial charge < -0.3 is 20.1 Å². The predicted octanol–water partition coefficient (Wildman–Crippen LogP) is 1.24. The average Bonchev–Trinajstić information content (AvgIpc) is 3.51. The SMILES string of the molecule is C[C@@H](C(=O)N(C(=O)[C@@H]1C[C@@H](O)CN1)[C@H]1COc2ccccc21)N1Cc2ccccc2C1=O. The molecular weight excluding hydrogens is 410 g/mol. The van der Waals surface area contributed by atoms with Gasteiger partial charge in [0, 0.05) is 24.2 Å². The van der Waals surface area contributed by atoms with E-state index in [-0.39, 0.29) is 18.9 Å². The topological polar surface area (TPSA) is 99.2 Å². The van der Waals surface area contributed by atoms with Crippen LogP contribution in [0.3, 0.4) is 0 Å². The second-order valence-corrected chi connectivity index (χ2v) is 8.53. The number of amides is 3. The molecule has 0 bridgehead atoms. The van der Waals surface area contributed by atoms with Crippen molar-refractivity contribution in [1.29, 1.82) is 0 Å². The number of carbonyl (C=O) groups excluding carboxylic acids is 3. The van der Waals surface area contributed by atoms with Crippen molar-refractivity contribution < 1.29 is 24.2 Å². The quantitative estimate of drug-likeness (QED) is 0.750. The molecule has 8 heteroatoms. The molecule has 3 heterocycles. The van der Waals surface area contributed by atoms with E-state index in [2.05, 4.69) is 5.32 Å². The highest BCUT2D eigenvalue weighted by Crippen LogP contribution is 2.37. The molecule has 1 fully saturated rings. The highest BCUT2D eigenvalue weighted by atomic mass is 16.5. The lowest BCUT2D eigenvalue weighted by atomic mass is 10.0. The van der Waals surface area contributed by atoms with Crippen LogP contribution in [0.1, 0.15) is 40.9 Å². The minimum atomic E-state index is -0.835. The lowest BCUT2D eigenvalue weighted by Crippen LogP contribution is -2.54. The third-order valence-electron chi connectivity index (χ3n) is 6.54. The van der Waals surface area contributed by atoms with E-state index in [1.54, 1.807) is 19.1 Å². The lowest BCUT2D eigenvalue weighted by molar-refractivity contribution is -0.152. The van der Waals surface area contributed by atoms with Gasteiger partial charge in [0.05, 0.1) is 12.1 Å². The van der Waals surface area contributed by atoms with Crippen molar-refractivity contribution in [3.8, 4) is 5.75 Å². The number of para-hydroxylation sites is 1. The summed E-state index contributed by atoms with van der Waals surface area (Å²) in [6, 6.07) is 12.5. The molecule has 32 heavy (non-hydrogen) atoms. The largest absolute Gasteiger partial charge is 0.491 e. The highest BCUT2D eigenvalue weighted by Gasteiger charge is 2.45. The number of aliphatic hydroxyl groups is 1. The Morgan fingerprint density at radius 3 is 2.69 bits per heavy atom. The first-order valence-corrected chi connectivity index (χ1v) is 10.8. The molecule has 5 rings (SSSR count). The number of imide groups is 1. The number of nitrogens with zero attached hydrogens (tertiary/aromatic N) is 2. The molecule has 0 radical (unpaired) electrons. The minimum Gasteiger partial charge on any atom is -0.491 e. The molecule has 0 spiro atoms. The van der Waals surface area contributed by atoms with Crippen LogP contribution in [-0.2, 0) is 16.1 Å². The average molecular weight is 435 g/mol. The summed E-state index contributed by atoms with van der Waals surface area (Å²) in [5.41, 5.74) is 2.21. The van der Waals surface area contributed by atoms with Gasteiger partial charge in [0.25, 0.3) is 11.8 Å². The Bertz CT molecular complexity index is 1090. The molecule has 2 aromatic rings. The minimum absolute atomic E-state index is 0.160. The van der Waals surface area contributed by atoms with Crippen LogP contribution in [0.5, 0.6) is 5.75 Å². The maximum atomic E-state index is 13.8. The van der Waals surface area contributed by atoms with Crippen molar-refractivity contribution in [3.05, 3.63) is 65.2 Å². The van der Waals surface area contributed by atoms with Crippen molar-refractivity contribution in [1.82, 2.24) is 15.1 Å². The predicted molar refractivity (Wildman–Crippen MR) is 115 cm³/mol. The number of hydrogen-bond donors (Lipinski definition) is 2. The molecule has 166 valence electrons. The number of fused-ring (bicyclic) bond motifs is 2. The van der Waals surface area contributed by atoms with Gasteiger partial charge in [-0.2, -0.15) is 0 Å². The normalized spacial score (nSPS) is 24.6. The maximum Gasteiger partial charge on any atom is 0.255 e. The van der Waals surface area contributed by atoms with E-state index in [4.69, 9.17) is 4.74 Å². The van der Waals surface area contributed by atoms with Gasteiger partial charge in [-0.3, -0.25) is 19.3 Å². The van der Waals surface area contributed by atoms with Crippen molar-refractivity contribution in [2.75, 3.05) is 13.2 Å². The summed E-state index contributed by atoms with van der Waals surface area (Å²) in [5.74, 6) is -0.441. The van der Waals surface area contributed by atoms with Gasteiger partial charge >= 0.3 is 0 Å². The Morgan fingerprint density at radius 2 is 1.94 bits per heavy atom. The van der Waals surface area contributed by atoms with Crippen molar-refractivity contribution >= 4 is 17.7 Å². The van der Waals surface area contributed by atoms with Gasteiger partial charge in [-0.25, -0.2) is 0 Å².